The van der Waals surface area contributed by atoms with E-state index in [4.69, 9.17) is 16.1 Å². The van der Waals surface area contributed by atoms with Gasteiger partial charge in [0.15, 0.2) is 0 Å². The fourth-order valence-electron chi connectivity index (χ4n) is 2.81. The number of carbonyl (C=O) groups is 1. The number of hydrogen-bond donors (Lipinski definition) is 0. The number of aromatic nitrogens is 3. The van der Waals surface area contributed by atoms with Crippen LogP contribution in [0.4, 0.5) is 0 Å². The summed E-state index contributed by atoms with van der Waals surface area (Å²) >= 11 is 6.13. The number of likely N-dealkylation sites (tertiary alicyclic amines) is 1. The highest BCUT2D eigenvalue weighted by Gasteiger charge is 2.34. The van der Waals surface area contributed by atoms with Gasteiger partial charge in [-0.25, -0.2) is 0 Å². The predicted octanol–water partition coefficient (Wildman–Crippen LogP) is 2.83. The number of hydrogen-bond acceptors (Lipinski definition) is 4. The van der Waals surface area contributed by atoms with Gasteiger partial charge in [-0.2, -0.15) is 5.10 Å². The topological polar surface area (TPSA) is 64.2 Å². The highest BCUT2D eigenvalue weighted by molar-refractivity contribution is 6.33. The Morgan fingerprint density at radius 2 is 2.38 bits per heavy atom. The summed E-state index contributed by atoms with van der Waals surface area (Å²) in [7, 11) is 0. The first kappa shape index (κ1) is 14.1. The molecule has 2 aromatic rings. The Bertz CT molecular complexity index is 664. The fraction of sp³-hybridized carbons (Fsp3) is 0.500. The molecule has 0 bridgehead atoms. The molecular weight excluding hydrogens is 292 g/mol. The molecule has 0 N–H and O–H groups in total. The summed E-state index contributed by atoms with van der Waals surface area (Å²) in [4.78, 5) is 14.6. The van der Waals surface area contributed by atoms with Gasteiger partial charge in [-0.1, -0.05) is 16.8 Å². The third kappa shape index (κ3) is 2.44. The molecule has 2 aromatic heterocycles. The molecule has 1 amide bonds. The maximum atomic E-state index is 12.8. The van der Waals surface area contributed by atoms with Crippen LogP contribution in [-0.2, 0) is 6.54 Å². The van der Waals surface area contributed by atoms with E-state index < -0.39 is 0 Å². The van der Waals surface area contributed by atoms with Gasteiger partial charge in [-0.15, -0.1) is 0 Å². The van der Waals surface area contributed by atoms with Crippen molar-refractivity contribution >= 4 is 17.5 Å². The van der Waals surface area contributed by atoms with Crippen LogP contribution in [0.25, 0.3) is 0 Å². The Balaban J connectivity index is 1.91. The zero-order chi connectivity index (χ0) is 15.0. The molecule has 112 valence electrons. The van der Waals surface area contributed by atoms with E-state index in [1.807, 2.05) is 24.8 Å². The van der Waals surface area contributed by atoms with Crippen molar-refractivity contribution in [2.75, 3.05) is 6.54 Å². The number of carbonyl (C=O) groups excluding carboxylic acids is 1. The summed E-state index contributed by atoms with van der Waals surface area (Å²) in [5, 5.41) is 8.58. The van der Waals surface area contributed by atoms with Crippen molar-refractivity contribution in [2.24, 2.45) is 0 Å². The van der Waals surface area contributed by atoms with Gasteiger partial charge in [0.2, 0.25) is 0 Å². The third-order valence-corrected chi connectivity index (χ3v) is 4.07. The van der Waals surface area contributed by atoms with Gasteiger partial charge in [-0.05, 0) is 26.7 Å². The first-order chi connectivity index (χ1) is 10.1. The van der Waals surface area contributed by atoms with Crippen LogP contribution in [0.2, 0.25) is 5.02 Å². The average Bonchev–Trinajstić information content (AvgIpc) is 3.16. The predicted molar refractivity (Wildman–Crippen MR) is 77.2 cm³/mol. The van der Waals surface area contributed by atoms with Crippen LogP contribution in [0.5, 0.6) is 0 Å². The van der Waals surface area contributed by atoms with Gasteiger partial charge in [0.25, 0.3) is 5.91 Å². The van der Waals surface area contributed by atoms with Crippen molar-refractivity contribution in [2.45, 2.75) is 39.3 Å². The fourth-order valence-corrected chi connectivity index (χ4v) is 3.03. The number of rotatable bonds is 3. The summed E-state index contributed by atoms with van der Waals surface area (Å²) in [6.45, 7) is 5.08. The van der Waals surface area contributed by atoms with E-state index >= 15 is 0 Å². The van der Waals surface area contributed by atoms with Crippen molar-refractivity contribution < 1.29 is 9.32 Å². The molecule has 0 radical (unpaired) electrons. The molecule has 1 aliphatic rings. The highest BCUT2D eigenvalue weighted by atomic mass is 35.5. The Morgan fingerprint density at radius 1 is 1.57 bits per heavy atom. The lowest BCUT2D eigenvalue weighted by atomic mass is 10.1. The van der Waals surface area contributed by atoms with E-state index in [1.54, 1.807) is 4.68 Å². The van der Waals surface area contributed by atoms with E-state index in [-0.39, 0.29) is 11.9 Å². The van der Waals surface area contributed by atoms with Crippen molar-refractivity contribution in [1.82, 2.24) is 19.8 Å². The molecule has 0 spiro atoms. The summed E-state index contributed by atoms with van der Waals surface area (Å²) in [6, 6.07) is 1.83. The van der Waals surface area contributed by atoms with Gasteiger partial charge in [-0.3, -0.25) is 9.48 Å². The molecule has 0 aromatic carbocycles. The second-order valence-electron chi connectivity index (χ2n) is 5.18. The smallest absolute Gasteiger partial charge is 0.274 e. The average molecular weight is 309 g/mol. The molecule has 6 nitrogen and oxygen atoms in total. The largest absolute Gasteiger partial charge is 0.361 e. The minimum atomic E-state index is -0.0949. The quantitative estimate of drug-likeness (QED) is 0.874. The van der Waals surface area contributed by atoms with E-state index in [0.29, 0.717) is 23.8 Å². The van der Waals surface area contributed by atoms with Crippen LogP contribution < -0.4 is 0 Å². The molecule has 0 aliphatic carbocycles. The number of halogens is 1. The van der Waals surface area contributed by atoms with Gasteiger partial charge < -0.3 is 9.42 Å². The van der Waals surface area contributed by atoms with E-state index in [2.05, 4.69) is 10.3 Å². The molecule has 3 rings (SSSR count). The van der Waals surface area contributed by atoms with Gasteiger partial charge >= 0.3 is 0 Å². The lowest BCUT2D eigenvalue weighted by Crippen LogP contribution is -2.32. The number of nitrogens with zero attached hydrogens (tertiary/aromatic N) is 4. The second kappa shape index (κ2) is 5.52. The normalized spacial score (nSPS) is 18.4. The van der Waals surface area contributed by atoms with Crippen molar-refractivity contribution in [3.63, 3.8) is 0 Å². The third-order valence-electron chi connectivity index (χ3n) is 3.80. The highest BCUT2D eigenvalue weighted by Crippen LogP contribution is 2.33. The summed E-state index contributed by atoms with van der Waals surface area (Å²) < 4.78 is 6.77. The molecule has 3 heterocycles. The van der Waals surface area contributed by atoms with Gasteiger partial charge in [0, 0.05) is 19.2 Å². The van der Waals surface area contributed by atoms with Crippen LogP contribution in [-0.4, -0.2) is 32.3 Å². The minimum absolute atomic E-state index is 0.0498. The lowest BCUT2D eigenvalue weighted by molar-refractivity contribution is 0.0718. The molecule has 1 saturated heterocycles. The zero-order valence-electron chi connectivity index (χ0n) is 12.0. The van der Waals surface area contributed by atoms with E-state index in [0.717, 1.165) is 24.3 Å². The summed E-state index contributed by atoms with van der Waals surface area (Å²) in [6.07, 6.45) is 3.35. The number of aryl methyl sites for hydroxylation is 2. The monoisotopic (exact) mass is 308 g/mol. The SMILES string of the molecule is CCn1ncc(Cl)c1C(=O)N1CCC[C@H]1c1cc(C)on1. The molecule has 1 fully saturated rings. The Morgan fingerprint density at radius 3 is 3.05 bits per heavy atom. The first-order valence-electron chi connectivity index (χ1n) is 7.07. The van der Waals surface area contributed by atoms with Crippen LogP contribution in [0.1, 0.15) is 47.7 Å². The summed E-state index contributed by atoms with van der Waals surface area (Å²) in [5.41, 5.74) is 1.25. The van der Waals surface area contributed by atoms with Crippen molar-refractivity contribution in [3.8, 4) is 0 Å². The van der Waals surface area contributed by atoms with Crippen molar-refractivity contribution in [1.29, 1.82) is 0 Å². The van der Waals surface area contributed by atoms with E-state index in [9.17, 15) is 4.79 Å². The van der Waals surface area contributed by atoms with Crippen LogP contribution >= 0.6 is 11.6 Å². The minimum Gasteiger partial charge on any atom is -0.361 e. The van der Waals surface area contributed by atoms with Gasteiger partial charge in [0.05, 0.1) is 17.3 Å². The molecule has 7 heteroatoms. The Labute approximate surface area is 127 Å². The standard InChI is InChI=1S/C14H17ClN4O2/c1-3-19-13(10(15)8-16-19)14(20)18-6-4-5-12(18)11-7-9(2)21-17-11/h7-8,12H,3-6H2,1-2H3/t12-/m0/s1. The van der Waals surface area contributed by atoms with Crippen LogP contribution in [0, 0.1) is 6.92 Å². The lowest BCUT2D eigenvalue weighted by Gasteiger charge is -2.23. The van der Waals surface area contributed by atoms with Crippen LogP contribution in [0.3, 0.4) is 0 Å². The summed E-state index contributed by atoms with van der Waals surface area (Å²) in [5.74, 6) is 0.656. The zero-order valence-corrected chi connectivity index (χ0v) is 12.8. The molecule has 0 unspecified atom stereocenters. The Hall–Kier alpha value is -1.82. The number of amides is 1. The van der Waals surface area contributed by atoms with Gasteiger partial charge in [0.1, 0.15) is 17.1 Å². The molecule has 1 atom stereocenters. The van der Waals surface area contributed by atoms with Crippen LogP contribution in [0.15, 0.2) is 16.8 Å². The second-order valence-corrected chi connectivity index (χ2v) is 5.58. The molecule has 21 heavy (non-hydrogen) atoms. The maximum Gasteiger partial charge on any atom is 0.274 e. The first-order valence-corrected chi connectivity index (χ1v) is 7.45. The van der Waals surface area contributed by atoms with E-state index in [1.165, 1.54) is 6.20 Å². The Kier molecular flexibility index (Phi) is 3.71. The van der Waals surface area contributed by atoms with Crippen molar-refractivity contribution in [3.05, 3.63) is 34.4 Å². The molecule has 1 aliphatic heterocycles. The maximum absolute atomic E-state index is 12.8. The molecule has 0 saturated carbocycles. The molecular formula is C14H17ClN4O2.